The third kappa shape index (κ3) is 5.23. The Labute approximate surface area is 179 Å². The van der Waals surface area contributed by atoms with Gasteiger partial charge in [-0.3, -0.25) is 9.59 Å². The highest BCUT2D eigenvalue weighted by atomic mass is 35.5. The second-order valence-corrected chi connectivity index (χ2v) is 8.65. The first-order valence-corrected chi connectivity index (χ1v) is 10.5. The molecule has 0 unspecified atom stereocenters. The minimum atomic E-state index is -0.479. The second-order valence-electron chi connectivity index (χ2n) is 6.97. The van der Waals surface area contributed by atoms with E-state index in [1.807, 2.05) is 49.3 Å². The number of para-hydroxylation sites is 1. The number of carbonyl (C=O) groups excluding carboxylic acids is 2. The number of hydrogen-bond donors (Lipinski definition) is 2. The lowest BCUT2D eigenvalue weighted by Gasteiger charge is -2.27. The van der Waals surface area contributed by atoms with E-state index in [1.165, 1.54) is 11.8 Å². The van der Waals surface area contributed by atoms with Crippen LogP contribution in [0, 0.1) is 0 Å². The third-order valence-corrected chi connectivity index (χ3v) is 6.26. The van der Waals surface area contributed by atoms with E-state index in [-0.39, 0.29) is 24.3 Å². The van der Waals surface area contributed by atoms with Crippen molar-refractivity contribution in [1.29, 1.82) is 0 Å². The van der Waals surface area contributed by atoms with Gasteiger partial charge in [0.05, 0.1) is 24.1 Å². The van der Waals surface area contributed by atoms with Gasteiger partial charge in [0, 0.05) is 28.4 Å². The van der Waals surface area contributed by atoms with E-state index in [0.29, 0.717) is 17.3 Å². The van der Waals surface area contributed by atoms with Crippen molar-refractivity contribution < 1.29 is 14.3 Å². The van der Waals surface area contributed by atoms with Crippen LogP contribution in [0.5, 0.6) is 5.75 Å². The average Bonchev–Trinajstić information content (AvgIpc) is 2.69. The molecule has 3 rings (SSSR count). The minimum absolute atomic E-state index is 0.0502. The summed E-state index contributed by atoms with van der Waals surface area (Å²) in [4.78, 5) is 27.9. The van der Waals surface area contributed by atoms with Gasteiger partial charge in [-0.25, -0.2) is 0 Å². The van der Waals surface area contributed by atoms with Crippen LogP contribution in [0.2, 0.25) is 5.02 Å². The fourth-order valence-corrected chi connectivity index (χ4v) is 4.48. The van der Waals surface area contributed by atoms with E-state index in [4.69, 9.17) is 16.3 Å². The monoisotopic (exact) mass is 433 g/mol. The zero-order chi connectivity index (χ0) is 21.0. The van der Waals surface area contributed by atoms with Gasteiger partial charge in [-0.2, -0.15) is 0 Å². The third-order valence-electron chi connectivity index (χ3n) is 4.75. The van der Waals surface area contributed by atoms with Crippen molar-refractivity contribution in [3.63, 3.8) is 0 Å². The van der Waals surface area contributed by atoms with Crippen molar-refractivity contribution in [2.45, 2.75) is 22.6 Å². The van der Waals surface area contributed by atoms with Gasteiger partial charge in [0.25, 0.3) is 0 Å². The van der Waals surface area contributed by atoms with E-state index in [2.05, 4.69) is 10.6 Å². The molecule has 1 aliphatic heterocycles. The fourth-order valence-electron chi connectivity index (χ4n) is 3.22. The van der Waals surface area contributed by atoms with E-state index in [1.54, 1.807) is 19.2 Å². The smallest absolute Gasteiger partial charge is 0.238 e. The van der Waals surface area contributed by atoms with Crippen molar-refractivity contribution in [3.05, 3.63) is 53.1 Å². The highest BCUT2D eigenvalue weighted by molar-refractivity contribution is 8.01. The van der Waals surface area contributed by atoms with Crippen LogP contribution in [0.15, 0.2) is 47.4 Å². The molecule has 2 aromatic carbocycles. The van der Waals surface area contributed by atoms with E-state index >= 15 is 0 Å². The summed E-state index contributed by atoms with van der Waals surface area (Å²) in [7, 11) is 5.54. The summed E-state index contributed by atoms with van der Waals surface area (Å²) < 4.78 is 5.46. The Balaban J connectivity index is 1.62. The maximum absolute atomic E-state index is 12.6. The Morgan fingerprint density at radius 2 is 2.07 bits per heavy atom. The molecule has 0 aliphatic carbocycles. The van der Waals surface area contributed by atoms with Crippen LogP contribution in [0.4, 0.5) is 5.69 Å². The molecule has 1 aliphatic rings. The number of likely N-dealkylation sites (N-methyl/N-ethyl adjacent to an activating group) is 1. The van der Waals surface area contributed by atoms with Crippen LogP contribution in [0.1, 0.15) is 18.0 Å². The Hall–Kier alpha value is -2.22. The summed E-state index contributed by atoms with van der Waals surface area (Å²) in [6.07, 6.45) is 0.102. The average molecular weight is 434 g/mol. The zero-order valence-electron chi connectivity index (χ0n) is 16.6. The lowest BCUT2D eigenvalue weighted by atomic mass is 10.0. The van der Waals surface area contributed by atoms with Crippen molar-refractivity contribution >= 4 is 40.9 Å². The number of anilines is 1. The number of methoxy groups -OCH3 is 1. The van der Waals surface area contributed by atoms with Gasteiger partial charge >= 0.3 is 0 Å². The van der Waals surface area contributed by atoms with Gasteiger partial charge in [-0.15, -0.1) is 11.8 Å². The van der Waals surface area contributed by atoms with Crippen LogP contribution < -0.4 is 15.4 Å². The van der Waals surface area contributed by atoms with Crippen molar-refractivity contribution in [3.8, 4) is 5.75 Å². The molecule has 1 heterocycles. The highest BCUT2D eigenvalue weighted by Crippen LogP contribution is 2.38. The van der Waals surface area contributed by atoms with Crippen molar-refractivity contribution in [1.82, 2.24) is 10.2 Å². The van der Waals surface area contributed by atoms with Crippen molar-refractivity contribution in [2.75, 3.05) is 33.1 Å². The van der Waals surface area contributed by atoms with Gasteiger partial charge in [0.2, 0.25) is 11.8 Å². The number of hydrogen-bond acceptors (Lipinski definition) is 5. The van der Waals surface area contributed by atoms with Gasteiger partial charge in [-0.05, 0) is 38.4 Å². The Morgan fingerprint density at radius 1 is 1.31 bits per heavy atom. The minimum Gasteiger partial charge on any atom is -0.496 e. The second kappa shape index (κ2) is 9.52. The number of halogens is 1. The summed E-state index contributed by atoms with van der Waals surface area (Å²) in [6.45, 7) is 0.414. The van der Waals surface area contributed by atoms with Crippen LogP contribution in [-0.4, -0.2) is 49.7 Å². The molecule has 0 bridgehead atoms. The molecule has 154 valence electrons. The number of fused-ring (bicyclic) bond motifs is 1. The number of amides is 2. The highest BCUT2D eigenvalue weighted by Gasteiger charge is 2.29. The summed E-state index contributed by atoms with van der Waals surface area (Å²) in [5.74, 6) is 0.420. The summed E-state index contributed by atoms with van der Waals surface area (Å²) in [6, 6.07) is 13.1. The quantitative estimate of drug-likeness (QED) is 0.698. The number of nitrogens with zero attached hydrogens (tertiary/aromatic N) is 1. The molecular weight excluding hydrogens is 410 g/mol. The Bertz CT molecular complexity index is 906. The Morgan fingerprint density at radius 3 is 2.79 bits per heavy atom. The largest absolute Gasteiger partial charge is 0.496 e. The number of ether oxygens (including phenoxy) is 1. The lowest BCUT2D eigenvalue weighted by molar-refractivity contribution is -0.124. The maximum Gasteiger partial charge on any atom is 0.238 e. The number of benzene rings is 2. The molecule has 0 aromatic heterocycles. The molecule has 2 aromatic rings. The molecule has 0 fully saturated rings. The summed E-state index contributed by atoms with van der Waals surface area (Å²) in [5, 5.41) is 5.88. The predicted octanol–water partition coefficient (Wildman–Crippen LogP) is 3.57. The first-order chi connectivity index (χ1) is 13.9. The van der Waals surface area contributed by atoms with Crippen molar-refractivity contribution in [2.24, 2.45) is 0 Å². The lowest BCUT2D eigenvalue weighted by Crippen LogP contribution is -2.38. The van der Waals surface area contributed by atoms with E-state index < -0.39 is 5.25 Å². The van der Waals surface area contributed by atoms with E-state index in [9.17, 15) is 9.59 Å². The van der Waals surface area contributed by atoms with Crippen LogP contribution in [-0.2, 0) is 9.59 Å². The topological polar surface area (TPSA) is 70.7 Å². The van der Waals surface area contributed by atoms with Crippen LogP contribution >= 0.6 is 23.4 Å². The molecule has 0 saturated carbocycles. The molecule has 6 nitrogen and oxygen atoms in total. The normalized spacial score (nSPS) is 16.7. The van der Waals surface area contributed by atoms with Crippen LogP contribution in [0.3, 0.4) is 0 Å². The molecule has 2 amide bonds. The van der Waals surface area contributed by atoms with Gasteiger partial charge in [-0.1, -0.05) is 29.8 Å². The molecule has 0 spiro atoms. The number of nitrogens with one attached hydrogen (secondary N) is 2. The van der Waals surface area contributed by atoms with Crippen LogP contribution in [0.25, 0.3) is 0 Å². The molecule has 0 saturated heterocycles. The fraction of sp³-hybridized carbons (Fsp3) is 0.333. The zero-order valence-corrected chi connectivity index (χ0v) is 18.1. The molecule has 29 heavy (non-hydrogen) atoms. The molecule has 8 heteroatoms. The molecule has 0 radical (unpaired) electrons. The molecule has 2 N–H and O–H groups in total. The number of rotatable bonds is 7. The molecular formula is C21H24ClN3O3S. The first-order valence-electron chi connectivity index (χ1n) is 9.22. The standard InChI is InChI=1S/C21H24ClN3O3S/c1-25(2)16(14-6-4-5-7-17(14)28-3)12-23-20(26)11-19-21(27)24-15-10-13(22)8-9-18(15)29-19/h4-10,16,19H,11-12H2,1-3H3,(H,23,26)(H,24,27)/t16-,19+/m1/s1. The summed E-state index contributed by atoms with van der Waals surface area (Å²) >= 11 is 7.36. The number of carbonyl (C=O) groups is 2. The number of thioether (sulfide) groups is 1. The van der Waals surface area contributed by atoms with E-state index in [0.717, 1.165) is 16.2 Å². The van der Waals surface area contributed by atoms with Gasteiger partial charge < -0.3 is 20.3 Å². The van der Waals surface area contributed by atoms with Gasteiger partial charge in [0.15, 0.2) is 0 Å². The first kappa shape index (κ1) is 21.5. The Kier molecular flexibility index (Phi) is 7.05. The SMILES string of the molecule is COc1ccccc1[C@@H](CNC(=O)C[C@@H]1Sc2ccc(Cl)cc2NC1=O)N(C)C. The predicted molar refractivity (Wildman–Crippen MR) is 117 cm³/mol. The van der Waals surface area contributed by atoms with Gasteiger partial charge in [0.1, 0.15) is 5.75 Å². The summed E-state index contributed by atoms with van der Waals surface area (Å²) in [5.41, 5.74) is 1.68. The molecule has 2 atom stereocenters. The maximum atomic E-state index is 12.6.